The second-order valence-corrected chi connectivity index (χ2v) is 6.99. The lowest BCUT2D eigenvalue weighted by molar-refractivity contribution is -0.385. The van der Waals surface area contributed by atoms with Gasteiger partial charge >= 0.3 is 0 Å². The van der Waals surface area contributed by atoms with E-state index >= 15 is 0 Å². The number of nitro groups is 1. The predicted octanol–water partition coefficient (Wildman–Crippen LogP) is 4.51. The first-order valence-electron chi connectivity index (χ1n) is 7.91. The minimum Gasteiger partial charge on any atom is -0.321 e. The third kappa shape index (κ3) is 4.06. The molecule has 2 aromatic heterocycles. The number of hydrogen-bond acceptors (Lipinski definition) is 5. The lowest BCUT2D eigenvalue weighted by Crippen LogP contribution is -2.01. The molecule has 0 spiro atoms. The van der Waals surface area contributed by atoms with Gasteiger partial charge in [-0.05, 0) is 29.7 Å². The van der Waals surface area contributed by atoms with Gasteiger partial charge in [0.2, 0.25) is 0 Å². The molecule has 2 heterocycles. The van der Waals surface area contributed by atoms with Crippen LogP contribution in [0, 0.1) is 10.1 Å². The molecule has 3 aromatic rings. The molecule has 0 fully saturated rings. The molecule has 0 aliphatic carbocycles. The zero-order chi connectivity index (χ0) is 17.8. The summed E-state index contributed by atoms with van der Waals surface area (Å²) in [6.45, 7) is 4.87. The average molecular weight is 354 g/mol. The number of hydrogen-bond donors (Lipinski definition) is 0. The van der Waals surface area contributed by atoms with E-state index in [1.165, 1.54) is 17.8 Å². The van der Waals surface area contributed by atoms with Crippen LogP contribution >= 0.6 is 11.8 Å². The van der Waals surface area contributed by atoms with E-state index in [9.17, 15) is 10.1 Å². The number of rotatable bonds is 6. The zero-order valence-electron chi connectivity index (χ0n) is 14.0. The van der Waals surface area contributed by atoms with Gasteiger partial charge in [-0.3, -0.25) is 15.1 Å². The van der Waals surface area contributed by atoms with Gasteiger partial charge in [0.15, 0.2) is 0 Å². The van der Waals surface area contributed by atoms with E-state index in [1.807, 2.05) is 24.5 Å². The summed E-state index contributed by atoms with van der Waals surface area (Å²) in [6.07, 6.45) is 5.36. The van der Waals surface area contributed by atoms with Crippen LogP contribution in [0.4, 0.5) is 5.69 Å². The predicted molar refractivity (Wildman–Crippen MR) is 96.9 cm³/mol. The molecule has 3 rings (SSSR count). The quantitative estimate of drug-likeness (QED) is 0.481. The lowest BCUT2D eigenvalue weighted by Gasteiger charge is -2.11. The van der Waals surface area contributed by atoms with Crippen molar-refractivity contribution in [3.8, 4) is 0 Å². The van der Waals surface area contributed by atoms with Crippen LogP contribution in [0.3, 0.4) is 0 Å². The van der Waals surface area contributed by atoms with Crippen LogP contribution in [0.25, 0.3) is 0 Å². The molecule has 0 unspecified atom stereocenters. The standard InChI is InChI=1S/C18H18N4O2S/c1-13(2)17-18(25-16-5-3-4-15(10-16)22(23)24)21(12-20-17)11-14-6-8-19-9-7-14/h3-10,12-13H,11H2,1-2H3. The van der Waals surface area contributed by atoms with E-state index in [0.29, 0.717) is 6.54 Å². The average Bonchev–Trinajstić information content (AvgIpc) is 2.99. The Morgan fingerprint density at radius 1 is 1.24 bits per heavy atom. The third-order valence-corrected chi connectivity index (χ3v) is 4.83. The molecule has 25 heavy (non-hydrogen) atoms. The number of pyridine rings is 1. The molecule has 0 amide bonds. The van der Waals surface area contributed by atoms with Gasteiger partial charge in [-0.25, -0.2) is 4.98 Å². The van der Waals surface area contributed by atoms with Crippen molar-refractivity contribution in [1.29, 1.82) is 0 Å². The van der Waals surface area contributed by atoms with Crippen LogP contribution in [0.15, 0.2) is 65.0 Å². The number of benzene rings is 1. The summed E-state index contributed by atoms with van der Waals surface area (Å²) in [5.41, 5.74) is 2.21. The van der Waals surface area contributed by atoms with E-state index in [1.54, 1.807) is 24.5 Å². The topological polar surface area (TPSA) is 73.8 Å². The molecular formula is C18H18N4O2S. The van der Waals surface area contributed by atoms with Gasteiger partial charge < -0.3 is 4.57 Å². The zero-order valence-corrected chi connectivity index (χ0v) is 14.8. The summed E-state index contributed by atoms with van der Waals surface area (Å²) in [6, 6.07) is 10.6. The normalized spacial score (nSPS) is 11.0. The molecule has 1 aromatic carbocycles. The van der Waals surface area contributed by atoms with E-state index < -0.39 is 0 Å². The Balaban J connectivity index is 1.94. The minimum absolute atomic E-state index is 0.0938. The van der Waals surface area contributed by atoms with Gasteiger partial charge in [-0.1, -0.05) is 31.7 Å². The first kappa shape index (κ1) is 17.2. The largest absolute Gasteiger partial charge is 0.321 e. The van der Waals surface area contributed by atoms with Gasteiger partial charge in [0, 0.05) is 36.0 Å². The SMILES string of the molecule is CC(C)c1ncn(Cc2ccncc2)c1Sc1cccc([N+](=O)[O-])c1. The minimum atomic E-state index is -0.373. The molecule has 0 aliphatic rings. The number of imidazole rings is 1. The second kappa shape index (κ2) is 7.48. The Hall–Kier alpha value is -2.67. The van der Waals surface area contributed by atoms with Crippen molar-refractivity contribution in [3.05, 3.63) is 76.5 Å². The summed E-state index contributed by atoms with van der Waals surface area (Å²) in [4.78, 5) is 20.1. The Morgan fingerprint density at radius 2 is 2.00 bits per heavy atom. The molecular weight excluding hydrogens is 336 g/mol. The van der Waals surface area contributed by atoms with Gasteiger partial charge in [0.1, 0.15) is 5.03 Å². The second-order valence-electron chi connectivity index (χ2n) is 5.93. The maximum absolute atomic E-state index is 11.0. The van der Waals surface area contributed by atoms with Crippen molar-refractivity contribution >= 4 is 17.4 Å². The highest BCUT2D eigenvalue weighted by Crippen LogP contribution is 2.35. The maximum atomic E-state index is 11.0. The lowest BCUT2D eigenvalue weighted by atomic mass is 10.1. The van der Waals surface area contributed by atoms with E-state index in [-0.39, 0.29) is 16.5 Å². The fourth-order valence-electron chi connectivity index (χ4n) is 2.46. The first-order chi connectivity index (χ1) is 12.0. The molecule has 0 atom stereocenters. The third-order valence-electron chi connectivity index (χ3n) is 3.71. The Labute approximate surface area is 150 Å². The fraction of sp³-hybridized carbons (Fsp3) is 0.222. The van der Waals surface area contributed by atoms with Gasteiger partial charge in [-0.2, -0.15) is 0 Å². The summed E-state index contributed by atoms with van der Waals surface area (Å²) in [5.74, 6) is 0.264. The Morgan fingerprint density at radius 3 is 2.68 bits per heavy atom. The summed E-state index contributed by atoms with van der Waals surface area (Å²) in [5, 5.41) is 12.0. The monoisotopic (exact) mass is 354 g/mol. The van der Waals surface area contributed by atoms with E-state index in [0.717, 1.165) is 21.2 Å². The van der Waals surface area contributed by atoms with Crippen molar-refractivity contribution in [2.75, 3.05) is 0 Å². The van der Waals surface area contributed by atoms with Gasteiger partial charge in [0.05, 0.1) is 16.9 Å². The van der Waals surface area contributed by atoms with Crippen LogP contribution in [0.1, 0.15) is 31.0 Å². The van der Waals surface area contributed by atoms with Crippen LogP contribution in [0.5, 0.6) is 0 Å². The number of aromatic nitrogens is 3. The van der Waals surface area contributed by atoms with Crippen molar-refractivity contribution < 1.29 is 4.92 Å². The molecule has 7 heteroatoms. The van der Waals surface area contributed by atoms with Gasteiger partial charge in [0.25, 0.3) is 5.69 Å². The van der Waals surface area contributed by atoms with Crippen LogP contribution in [0.2, 0.25) is 0 Å². The van der Waals surface area contributed by atoms with E-state index in [4.69, 9.17) is 0 Å². The summed E-state index contributed by atoms with van der Waals surface area (Å²) < 4.78 is 2.08. The molecule has 0 saturated heterocycles. The molecule has 0 aliphatic heterocycles. The number of non-ortho nitro benzene ring substituents is 1. The smallest absolute Gasteiger partial charge is 0.270 e. The van der Waals surface area contributed by atoms with Crippen molar-refractivity contribution in [1.82, 2.24) is 14.5 Å². The molecule has 128 valence electrons. The molecule has 6 nitrogen and oxygen atoms in total. The number of nitro benzene ring substituents is 1. The highest BCUT2D eigenvalue weighted by atomic mass is 32.2. The molecule has 0 N–H and O–H groups in total. The molecule has 0 saturated carbocycles. The molecule has 0 radical (unpaired) electrons. The van der Waals surface area contributed by atoms with Crippen molar-refractivity contribution in [2.45, 2.75) is 36.2 Å². The van der Waals surface area contributed by atoms with Crippen molar-refractivity contribution in [2.24, 2.45) is 0 Å². The highest BCUT2D eigenvalue weighted by Gasteiger charge is 2.17. The molecule has 0 bridgehead atoms. The fourth-order valence-corrected chi connectivity index (χ4v) is 3.63. The maximum Gasteiger partial charge on any atom is 0.270 e. The van der Waals surface area contributed by atoms with Crippen LogP contribution in [-0.2, 0) is 6.54 Å². The summed E-state index contributed by atoms with van der Waals surface area (Å²) in [7, 11) is 0. The number of nitrogens with zero attached hydrogens (tertiary/aromatic N) is 4. The van der Waals surface area contributed by atoms with Crippen LogP contribution < -0.4 is 0 Å². The first-order valence-corrected chi connectivity index (χ1v) is 8.72. The van der Waals surface area contributed by atoms with Crippen molar-refractivity contribution in [3.63, 3.8) is 0 Å². The van der Waals surface area contributed by atoms with Gasteiger partial charge in [-0.15, -0.1) is 0 Å². The highest BCUT2D eigenvalue weighted by molar-refractivity contribution is 7.99. The van der Waals surface area contributed by atoms with Crippen LogP contribution in [-0.4, -0.2) is 19.5 Å². The van der Waals surface area contributed by atoms with E-state index in [2.05, 4.69) is 28.4 Å². The Bertz CT molecular complexity index is 878. The summed E-state index contributed by atoms with van der Waals surface area (Å²) >= 11 is 1.51. The Kier molecular flexibility index (Phi) is 5.14.